The molecule has 27 heavy (non-hydrogen) atoms. The van der Waals surface area contributed by atoms with E-state index >= 15 is 0 Å². The lowest BCUT2D eigenvalue weighted by molar-refractivity contribution is 0.0959. The topological polar surface area (TPSA) is 67.5 Å². The molecule has 1 aliphatic rings. The molecule has 136 valence electrons. The lowest BCUT2D eigenvalue weighted by Crippen LogP contribution is -2.20. The number of rotatable bonds is 3. The van der Waals surface area contributed by atoms with Gasteiger partial charge >= 0.3 is 0 Å². The van der Waals surface area contributed by atoms with Gasteiger partial charge in [-0.25, -0.2) is 5.43 Å². The van der Waals surface area contributed by atoms with Crippen LogP contribution < -0.4 is 11.2 Å². The average Bonchev–Trinajstić information content (AvgIpc) is 2.98. The monoisotopic (exact) mass is 375 g/mol. The molecule has 1 heterocycles. The normalized spacial score (nSPS) is 15.2. The van der Waals surface area contributed by atoms with Gasteiger partial charge in [0.2, 0.25) is 0 Å². The van der Waals surface area contributed by atoms with Crippen LogP contribution in [0.3, 0.4) is 0 Å². The highest BCUT2D eigenvalue weighted by atomic mass is 32.1. The fourth-order valence-electron chi connectivity index (χ4n) is 3.37. The number of benzene rings is 2. The Morgan fingerprint density at radius 3 is 2.59 bits per heavy atom. The summed E-state index contributed by atoms with van der Waals surface area (Å²) in [5.74, 6) is -0.256. The quantitative estimate of drug-likeness (QED) is 0.507. The Morgan fingerprint density at radius 2 is 1.74 bits per heavy atom. The van der Waals surface area contributed by atoms with Crippen LogP contribution in [0.5, 0.6) is 0 Å². The second kappa shape index (κ2) is 7.76. The maximum atomic E-state index is 12.7. The van der Waals surface area contributed by atoms with Crippen LogP contribution >= 0.6 is 11.3 Å². The van der Waals surface area contributed by atoms with E-state index in [1.54, 1.807) is 0 Å². The van der Waals surface area contributed by atoms with Crippen molar-refractivity contribution in [1.29, 1.82) is 0 Å². The predicted octanol–water partition coefficient (Wildman–Crippen LogP) is 4.86. The zero-order chi connectivity index (χ0) is 18.6. The van der Waals surface area contributed by atoms with Crippen molar-refractivity contribution in [2.75, 3.05) is 5.73 Å². The zero-order valence-corrected chi connectivity index (χ0v) is 15.8. The van der Waals surface area contributed by atoms with Gasteiger partial charge in [0.25, 0.3) is 5.91 Å². The minimum atomic E-state index is -0.256. The summed E-state index contributed by atoms with van der Waals surface area (Å²) >= 11 is 1.39. The molecule has 0 unspecified atom stereocenters. The van der Waals surface area contributed by atoms with E-state index in [1.807, 2.05) is 42.5 Å². The lowest BCUT2D eigenvalue weighted by Gasteiger charge is -2.08. The van der Waals surface area contributed by atoms with Crippen LogP contribution in [0.4, 0.5) is 5.69 Å². The molecule has 0 spiro atoms. The highest BCUT2D eigenvalue weighted by Crippen LogP contribution is 2.33. The number of nitrogens with two attached hydrogens (primary N) is 1. The molecule has 1 aliphatic carbocycles. The molecule has 3 aromatic rings. The van der Waals surface area contributed by atoms with E-state index < -0.39 is 0 Å². The average molecular weight is 375 g/mol. The Morgan fingerprint density at radius 1 is 1.00 bits per heavy atom. The first kappa shape index (κ1) is 17.5. The summed E-state index contributed by atoms with van der Waals surface area (Å²) < 4.78 is 0. The number of nitrogens with one attached hydrogen (secondary N) is 1. The van der Waals surface area contributed by atoms with Gasteiger partial charge in [0, 0.05) is 10.4 Å². The number of carbonyl (C=O) groups is 1. The van der Waals surface area contributed by atoms with Crippen LogP contribution in [0.1, 0.15) is 40.1 Å². The molecule has 0 saturated heterocycles. The number of anilines is 1. The van der Waals surface area contributed by atoms with Crippen LogP contribution in [-0.2, 0) is 6.42 Å². The summed E-state index contributed by atoms with van der Waals surface area (Å²) in [6.45, 7) is 0. The van der Waals surface area contributed by atoms with Gasteiger partial charge < -0.3 is 5.73 Å². The molecule has 0 saturated carbocycles. The van der Waals surface area contributed by atoms with Crippen molar-refractivity contribution in [3.8, 4) is 10.4 Å². The number of amides is 1. The molecule has 2 aromatic carbocycles. The minimum Gasteiger partial charge on any atom is -0.397 e. The maximum absolute atomic E-state index is 12.7. The Balaban J connectivity index is 1.57. The number of nitrogen functional groups attached to an aromatic ring is 1. The van der Waals surface area contributed by atoms with Gasteiger partial charge in [-0.15, -0.1) is 11.3 Å². The van der Waals surface area contributed by atoms with Gasteiger partial charge in [0.05, 0.1) is 11.4 Å². The van der Waals surface area contributed by atoms with Crippen molar-refractivity contribution in [3.63, 3.8) is 0 Å². The summed E-state index contributed by atoms with van der Waals surface area (Å²) in [6.07, 6.45) is 4.14. The Bertz CT molecular complexity index is 992. The fourth-order valence-corrected chi connectivity index (χ4v) is 4.35. The van der Waals surface area contributed by atoms with E-state index in [2.05, 4.69) is 28.7 Å². The number of hydrogen-bond acceptors (Lipinski definition) is 4. The smallest absolute Gasteiger partial charge is 0.283 e. The first-order chi connectivity index (χ1) is 13.2. The van der Waals surface area contributed by atoms with Gasteiger partial charge in [0.1, 0.15) is 4.88 Å². The maximum Gasteiger partial charge on any atom is 0.283 e. The lowest BCUT2D eigenvalue weighted by atomic mass is 10.0. The van der Waals surface area contributed by atoms with E-state index in [-0.39, 0.29) is 5.91 Å². The van der Waals surface area contributed by atoms with Crippen molar-refractivity contribution < 1.29 is 4.79 Å². The molecular formula is C22H21N3OS. The predicted molar refractivity (Wildman–Crippen MR) is 112 cm³/mol. The molecule has 0 bridgehead atoms. The van der Waals surface area contributed by atoms with E-state index in [0.29, 0.717) is 10.6 Å². The second-order valence-electron chi connectivity index (χ2n) is 6.62. The standard InChI is InChI=1S/C22H21N3OS/c23-18-14-20(16-10-2-1-3-11-16)27-21(18)22(26)25-24-19-13-7-5-9-15-8-4-6-12-17(15)19/h1-4,6,8,10-12,14H,5,7,9,13,23H2,(H,25,26)/b24-19-. The van der Waals surface area contributed by atoms with Crippen LogP contribution in [0.15, 0.2) is 65.8 Å². The molecule has 1 amide bonds. The highest BCUT2D eigenvalue weighted by Gasteiger charge is 2.17. The van der Waals surface area contributed by atoms with Crippen molar-refractivity contribution in [2.45, 2.75) is 25.7 Å². The van der Waals surface area contributed by atoms with Crippen LogP contribution in [0.25, 0.3) is 10.4 Å². The Hall–Kier alpha value is -2.92. The Labute approximate surface area is 162 Å². The summed E-state index contributed by atoms with van der Waals surface area (Å²) in [7, 11) is 0. The van der Waals surface area contributed by atoms with E-state index in [1.165, 1.54) is 16.9 Å². The van der Waals surface area contributed by atoms with Gasteiger partial charge in [-0.05, 0) is 42.9 Å². The van der Waals surface area contributed by atoms with Crippen LogP contribution in [0.2, 0.25) is 0 Å². The molecule has 5 heteroatoms. The third kappa shape index (κ3) is 3.78. The van der Waals surface area contributed by atoms with Crippen molar-refractivity contribution >= 4 is 28.6 Å². The number of fused-ring (bicyclic) bond motifs is 1. The van der Waals surface area contributed by atoms with E-state index in [0.717, 1.165) is 47.4 Å². The SMILES string of the molecule is Nc1cc(-c2ccccc2)sc1C(=O)N/N=C1/CCCCc2ccccc21. The Kier molecular flexibility index (Phi) is 5.03. The first-order valence-corrected chi connectivity index (χ1v) is 9.94. The number of nitrogens with zero attached hydrogens (tertiary/aromatic N) is 1. The van der Waals surface area contributed by atoms with E-state index in [4.69, 9.17) is 5.73 Å². The van der Waals surface area contributed by atoms with Crippen molar-refractivity contribution in [2.24, 2.45) is 5.10 Å². The van der Waals surface area contributed by atoms with Gasteiger partial charge in [-0.1, -0.05) is 54.6 Å². The zero-order valence-electron chi connectivity index (χ0n) is 14.9. The summed E-state index contributed by atoms with van der Waals surface area (Å²) in [5.41, 5.74) is 13.7. The molecule has 4 nitrogen and oxygen atoms in total. The van der Waals surface area contributed by atoms with Crippen LogP contribution in [0, 0.1) is 0 Å². The molecule has 1 aromatic heterocycles. The van der Waals surface area contributed by atoms with Crippen molar-refractivity contribution in [3.05, 3.63) is 76.7 Å². The largest absolute Gasteiger partial charge is 0.397 e. The van der Waals surface area contributed by atoms with Gasteiger partial charge in [-0.2, -0.15) is 5.10 Å². The summed E-state index contributed by atoms with van der Waals surface area (Å²) in [4.78, 5) is 14.1. The third-order valence-electron chi connectivity index (χ3n) is 4.76. The molecular weight excluding hydrogens is 354 g/mol. The number of aryl methyl sites for hydroxylation is 1. The molecule has 4 rings (SSSR count). The molecule has 3 N–H and O–H groups in total. The summed E-state index contributed by atoms with van der Waals surface area (Å²) in [6, 6.07) is 20.1. The van der Waals surface area contributed by atoms with Gasteiger partial charge in [0.15, 0.2) is 0 Å². The summed E-state index contributed by atoms with van der Waals surface area (Å²) in [5, 5.41) is 4.45. The van der Waals surface area contributed by atoms with Crippen molar-refractivity contribution in [1.82, 2.24) is 5.43 Å². The number of carbonyl (C=O) groups excluding carboxylic acids is 1. The number of thiophene rings is 1. The minimum absolute atomic E-state index is 0.256. The van der Waals surface area contributed by atoms with Crippen LogP contribution in [-0.4, -0.2) is 11.6 Å². The second-order valence-corrected chi connectivity index (χ2v) is 7.68. The molecule has 0 radical (unpaired) electrons. The molecule has 0 atom stereocenters. The first-order valence-electron chi connectivity index (χ1n) is 9.12. The molecule has 0 aliphatic heterocycles. The highest BCUT2D eigenvalue weighted by molar-refractivity contribution is 7.18. The van der Waals surface area contributed by atoms with E-state index in [9.17, 15) is 4.79 Å². The molecule has 0 fully saturated rings. The number of hydrazone groups is 1. The fraction of sp³-hybridized carbons (Fsp3) is 0.182. The van der Waals surface area contributed by atoms with Gasteiger partial charge in [-0.3, -0.25) is 4.79 Å². The number of hydrogen-bond donors (Lipinski definition) is 2. The third-order valence-corrected chi connectivity index (χ3v) is 5.95.